The van der Waals surface area contributed by atoms with Gasteiger partial charge in [0.2, 0.25) is 0 Å². The molecule has 2 fully saturated rings. The van der Waals surface area contributed by atoms with Crippen LogP contribution in [0.2, 0.25) is 5.02 Å². The standard InChI is InChI=1S/C22H23ClN2O2S/c23-20-5-1-4-18(13-20)17-6-8-19(9-7-17)22-10-2-3-16(14-22)15-25-11-12-28(26,27)24-21(22)25/h1,4-9,13,16H,2-3,10-12,14-15H2. The van der Waals surface area contributed by atoms with Gasteiger partial charge in [-0.15, -0.1) is 4.40 Å². The zero-order chi connectivity index (χ0) is 19.4. The molecule has 5 rings (SSSR count). The molecule has 0 amide bonds. The molecule has 3 aliphatic rings. The lowest BCUT2D eigenvalue weighted by Gasteiger charge is -2.52. The highest BCUT2D eigenvalue weighted by Gasteiger charge is 2.50. The molecule has 28 heavy (non-hydrogen) atoms. The van der Waals surface area contributed by atoms with Gasteiger partial charge in [0.05, 0.1) is 11.2 Å². The van der Waals surface area contributed by atoms with E-state index >= 15 is 0 Å². The van der Waals surface area contributed by atoms with Crippen molar-refractivity contribution < 1.29 is 8.42 Å². The zero-order valence-electron chi connectivity index (χ0n) is 15.6. The summed E-state index contributed by atoms with van der Waals surface area (Å²) in [6.45, 7) is 1.51. The number of piperidine rings is 1. The molecule has 2 aromatic rings. The average molecular weight is 415 g/mol. The molecular formula is C22H23ClN2O2S. The van der Waals surface area contributed by atoms with Crippen LogP contribution in [0.25, 0.3) is 11.1 Å². The number of sulfonamides is 1. The van der Waals surface area contributed by atoms with Gasteiger partial charge in [0.1, 0.15) is 5.84 Å². The minimum atomic E-state index is -3.36. The summed E-state index contributed by atoms with van der Waals surface area (Å²) < 4.78 is 28.9. The quantitative estimate of drug-likeness (QED) is 0.727. The van der Waals surface area contributed by atoms with Crippen molar-refractivity contribution in [3.05, 3.63) is 59.1 Å². The smallest absolute Gasteiger partial charge is 0.256 e. The summed E-state index contributed by atoms with van der Waals surface area (Å²) in [5.74, 6) is 1.53. The fourth-order valence-corrected chi connectivity index (χ4v) is 6.52. The van der Waals surface area contributed by atoms with E-state index in [1.165, 1.54) is 12.0 Å². The Morgan fingerprint density at radius 3 is 2.71 bits per heavy atom. The van der Waals surface area contributed by atoms with Gasteiger partial charge in [-0.25, -0.2) is 8.42 Å². The highest BCUT2D eigenvalue weighted by Crippen LogP contribution is 2.48. The average Bonchev–Trinajstić information content (AvgIpc) is 2.69. The molecule has 6 heteroatoms. The molecule has 0 spiro atoms. The van der Waals surface area contributed by atoms with Gasteiger partial charge in [0.25, 0.3) is 10.0 Å². The molecule has 1 saturated heterocycles. The molecule has 0 radical (unpaired) electrons. The van der Waals surface area contributed by atoms with Crippen molar-refractivity contribution >= 4 is 27.5 Å². The molecule has 1 aliphatic carbocycles. The molecule has 1 saturated carbocycles. The molecule has 2 aromatic carbocycles. The van der Waals surface area contributed by atoms with Crippen molar-refractivity contribution in [3.63, 3.8) is 0 Å². The first kappa shape index (κ1) is 18.2. The largest absolute Gasteiger partial charge is 0.357 e. The van der Waals surface area contributed by atoms with E-state index in [1.807, 2.05) is 18.2 Å². The first-order chi connectivity index (χ1) is 13.5. The van der Waals surface area contributed by atoms with Crippen LogP contribution in [0, 0.1) is 5.92 Å². The maximum absolute atomic E-state index is 12.3. The SMILES string of the molecule is O=S1(=O)CCN2CC3CCCC(c4ccc(-c5cccc(Cl)c5)cc4)(C3)C2=N1. The van der Waals surface area contributed by atoms with E-state index in [4.69, 9.17) is 11.6 Å². The number of rotatable bonds is 2. The Bertz CT molecular complexity index is 1050. The number of hydrogen-bond acceptors (Lipinski definition) is 3. The third-order valence-corrected chi connectivity index (χ3v) is 7.88. The maximum Gasteiger partial charge on any atom is 0.256 e. The number of hydrogen-bond donors (Lipinski definition) is 0. The molecule has 2 aliphatic heterocycles. The first-order valence-corrected chi connectivity index (χ1v) is 11.9. The molecule has 2 unspecified atom stereocenters. The van der Waals surface area contributed by atoms with E-state index in [2.05, 4.69) is 39.6 Å². The molecule has 0 N–H and O–H groups in total. The lowest BCUT2D eigenvalue weighted by molar-refractivity contribution is 0.175. The second-order valence-electron chi connectivity index (χ2n) is 8.28. The second kappa shape index (κ2) is 6.60. The van der Waals surface area contributed by atoms with Crippen LogP contribution in [0.5, 0.6) is 0 Å². The van der Waals surface area contributed by atoms with Crippen LogP contribution in [0.1, 0.15) is 31.2 Å². The minimum absolute atomic E-state index is 0.132. The molecule has 2 atom stereocenters. The van der Waals surface area contributed by atoms with E-state index in [0.29, 0.717) is 12.5 Å². The minimum Gasteiger partial charge on any atom is -0.357 e. The fraction of sp³-hybridized carbons (Fsp3) is 0.409. The monoisotopic (exact) mass is 414 g/mol. The van der Waals surface area contributed by atoms with Crippen LogP contribution in [-0.2, 0) is 15.4 Å². The Morgan fingerprint density at radius 2 is 1.93 bits per heavy atom. The van der Waals surface area contributed by atoms with Gasteiger partial charge in [-0.3, -0.25) is 0 Å². The van der Waals surface area contributed by atoms with Crippen LogP contribution in [0.3, 0.4) is 0 Å². The number of nitrogens with zero attached hydrogens (tertiary/aromatic N) is 2. The summed E-state index contributed by atoms with van der Waals surface area (Å²) in [6.07, 6.45) is 4.30. The maximum atomic E-state index is 12.3. The summed E-state index contributed by atoms with van der Waals surface area (Å²) >= 11 is 6.14. The Hall–Kier alpha value is -1.85. The predicted molar refractivity (Wildman–Crippen MR) is 113 cm³/mol. The Morgan fingerprint density at radius 1 is 1.11 bits per heavy atom. The third kappa shape index (κ3) is 3.05. The first-order valence-electron chi connectivity index (χ1n) is 9.90. The van der Waals surface area contributed by atoms with E-state index in [-0.39, 0.29) is 11.2 Å². The molecular weight excluding hydrogens is 392 g/mol. The molecule has 2 bridgehead atoms. The van der Waals surface area contributed by atoms with Gasteiger partial charge >= 0.3 is 0 Å². The summed E-state index contributed by atoms with van der Waals surface area (Å²) in [7, 11) is -3.36. The van der Waals surface area contributed by atoms with Crippen molar-refractivity contribution in [1.82, 2.24) is 4.90 Å². The van der Waals surface area contributed by atoms with Gasteiger partial charge in [0.15, 0.2) is 0 Å². The van der Waals surface area contributed by atoms with Crippen LogP contribution in [0.4, 0.5) is 0 Å². The number of benzene rings is 2. The van der Waals surface area contributed by atoms with E-state index in [9.17, 15) is 8.42 Å². The topological polar surface area (TPSA) is 49.7 Å². The summed E-state index contributed by atoms with van der Waals surface area (Å²) in [5.41, 5.74) is 3.10. The van der Waals surface area contributed by atoms with Gasteiger partial charge in [0, 0.05) is 18.1 Å². The normalized spacial score (nSPS) is 28.4. The summed E-state index contributed by atoms with van der Waals surface area (Å²) in [4.78, 5) is 2.24. The van der Waals surface area contributed by atoms with Crippen molar-refractivity contribution in [3.8, 4) is 11.1 Å². The van der Waals surface area contributed by atoms with Crippen molar-refractivity contribution in [2.24, 2.45) is 10.3 Å². The lowest BCUT2D eigenvalue weighted by Crippen LogP contribution is -2.59. The number of halogens is 1. The van der Waals surface area contributed by atoms with Crippen LogP contribution >= 0.6 is 11.6 Å². The van der Waals surface area contributed by atoms with E-state index < -0.39 is 10.0 Å². The van der Waals surface area contributed by atoms with Gasteiger partial charge < -0.3 is 4.90 Å². The molecule has 4 nitrogen and oxygen atoms in total. The highest BCUT2D eigenvalue weighted by atomic mass is 35.5. The van der Waals surface area contributed by atoms with Gasteiger partial charge in [-0.1, -0.05) is 54.4 Å². The van der Waals surface area contributed by atoms with Crippen molar-refractivity contribution in [1.29, 1.82) is 0 Å². The summed E-state index contributed by atoms with van der Waals surface area (Å²) in [5, 5.41) is 0.722. The van der Waals surface area contributed by atoms with E-state index in [1.54, 1.807) is 0 Å². The Balaban J connectivity index is 1.58. The Kier molecular flexibility index (Phi) is 4.29. The second-order valence-corrected chi connectivity index (χ2v) is 10.5. The third-order valence-electron chi connectivity index (χ3n) is 6.50. The lowest BCUT2D eigenvalue weighted by atomic mass is 9.62. The number of amidine groups is 1. The van der Waals surface area contributed by atoms with Crippen molar-refractivity contribution in [2.45, 2.75) is 31.1 Å². The van der Waals surface area contributed by atoms with Gasteiger partial charge in [-0.2, -0.15) is 0 Å². The predicted octanol–water partition coefficient (Wildman–Crippen LogP) is 4.49. The van der Waals surface area contributed by atoms with Crippen LogP contribution in [-0.4, -0.2) is 38.0 Å². The van der Waals surface area contributed by atoms with Crippen LogP contribution < -0.4 is 0 Å². The summed E-state index contributed by atoms with van der Waals surface area (Å²) in [6, 6.07) is 16.4. The van der Waals surface area contributed by atoms with Crippen LogP contribution in [0.15, 0.2) is 52.9 Å². The van der Waals surface area contributed by atoms with E-state index in [0.717, 1.165) is 47.8 Å². The molecule has 146 valence electrons. The van der Waals surface area contributed by atoms with Gasteiger partial charge in [-0.05, 0) is 54.0 Å². The molecule has 2 heterocycles. The Labute approximate surface area is 171 Å². The zero-order valence-corrected chi connectivity index (χ0v) is 17.2. The molecule has 0 aromatic heterocycles. The van der Waals surface area contributed by atoms with Crippen molar-refractivity contribution in [2.75, 3.05) is 18.8 Å². The highest BCUT2D eigenvalue weighted by molar-refractivity contribution is 7.90. The fourth-order valence-electron chi connectivity index (χ4n) is 5.24. The number of fused-ring (bicyclic) bond motifs is 4.